The molecule has 1 amide bonds. The van der Waals surface area contributed by atoms with Crippen LogP contribution in [0.3, 0.4) is 0 Å². The van der Waals surface area contributed by atoms with Crippen molar-refractivity contribution in [3.63, 3.8) is 0 Å². The molecule has 0 fully saturated rings. The fraction of sp³-hybridized carbons (Fsp3) is 0.500. The number of fused-ring (bicyclic) bond motifs is 1. The van der Waals surface area contributed by atoms with Gasteiger partial charge in [0, 0.05) is 12.1 Å². The zero-order valence-corrected chi connectivity index (χ0v) is 12.4. The third-order valence-corrected chi connectivity index (χ3v) is 4.31. The molecule has 0 saturated carbocycles. The number of carbonyl (C=O) groups is 2. The standard InChI is InChI=1S/C16H21NO4/c1-3-16(4-2,15(19)20)8-14(18)17-13-6-5-11-9-21-10-12(11)7-13/h5-7H,3-4,8-10H2,1-2H3,(H,17,18)(H,19,20). The summed E-state index contributed by atoms with van der Waals surface area (Å²) in [5.41, 5.74) is 1.92. The number of carboxylic acid groups (broad SMARTS) is 1. The van der Waals surface area contributed by atoms with Gasteiger partial charge in [0.2, 0.25) is 5.91 Å². The summed E-state index contributed by atoms with van der Waals surface area (Å²) in [6.07, 6.45) is 0.859. The molecule has 0 aliphatic carbocycles. The Morgan fingerprint density at radius 3 is 2.52 bits per heavy atom. The first-order valence-corrected chi connectivity index (χ1v) is 7.23. The second-order valence-electron chi connectivity index (χ2n) is 5.49. The predicted octanol–water partition coefficient (Wildman–Crippen LogP) is 2.94. The summed E-state index contributed by atoms with van der Waals surface area (Å²) in [4.78, 5) is 23.6. The second kappa shape index (κ2) is 6.26. The van der Waals surface area contributed by atoms with Crippen LogP contribution < -0.4 is 5.32 Å². The average molecular weight is 291 g/mol. The maximum absolute atomic E-state index is 12.1. The molecule has 0 bridgehead atoms. The number of carboxylic acids is 1. The van der Waals surface area contributed by atoms with Gasteiger partial charge in [0.05, 0.1) is 18.6 Å². The van der Waals surface area contributed by atoms with Gasteiger partial charge in [-0.1, -0.05) is 19.9 Å². The van der Waals surface area contributed by atoms with Crippen LogP contribution in [0.4, 0.5) is 5.69 Å². The van der Waals surface area contributed by atoms with Crippen molar-refractivity contribution in [2.24, 2.45) is 5.41 Å². The molecule has 5 nitrogen and oxygen atoms in total. The number of amides is 1. The normalized spacial score (nSPS) is 13.8. The SMILES string of the molecule is CCC(CC)(CC(=O)Nc1ccc2c(c1)COC2)C(=O)O. The first-order chi connectivity index (χ1) is 10.0. The van der Waals surface area contributed by atoms with E-state index in [1.807, 2.05) is 18.2 Å². The van der Waals surface area contributed by atoms with E-state index in [4.69, 9.17) is 4.74 Å². The van der Waals surface area contributed by atoms with Crippen molar-refractivity contribution >= 4 is 17.6 Å². The number of hydrogen-bond acceptors (Lipinski definition) is 3. The number of hydrogen-bond donors (Lipinski definition) is 2. The second-order valence-corrected chi connectivity index (χ2v) is 5.49. The van der Waals surface area contributed by atoms with E-state index in [0.717, 1.165) is 11.1 Å². The first-order valence-electron chi connectivity index (χ1n) is 7.23. The van der Waals surface area contributed by atoms with E-state index >= 15 is 0 Å². The summed E-state index contributed by atoms with van der Waals surface area (Å²) < 4.78 is 5.33. The molecule has 1 aliphatic heterocycles. The van der Waals surface area contributed by atoms with Crippen LogP contribution >= 0.6 is 0 Å². The van der Waals surface area contributed by atoms with Crippen LogP contribution in [0.5, 0.6) is 0 Å². The highest BCUT2D eigenvalue weighted by atomic mass is 16.5. The summed E-state index contributed by atoms with van der Waals surface area (Å²) in [5.74, 6) is -1.18. The Morgan fingerprint density at radius 2 is 1.90 bits per heavy atom. The van der Waals surface area contributed by atoms with Gasteiger partial charge in [-0.15, -0.1) is 0 Å². The van der Waals surface area contributed by atoms with Gasteiger partial charge in [-0.25, -0.2) is 0 Å². The van der Waals surface area contributed by atoms with Crippen molar-refractivity contribution in [2.45, 2.75) is 46.3 Å². The minimum atomic E-state index is -0.982. The zero-order valence-electron chi connectivity index (χ0n) is 12.4. The zero-order chi connectivity index (χ0) is 15.5. The molecular formula is C16H21NO4. The molecule has 1 aromatic rings. The van der Waals surface area contributed by atoms with Crippen molar-refractivity contribution < 1.29 is 19.4 Å². The van der Waals surface area contributed by atoms with Crippen LogP contribution in [-0.4, -0.2) is 17.0 Å². The number of rotatable bonds is 6. The summed E-state index contributed by atoms with van der Waals surface area (Å²) in [7, 11) is 0. The Balaban J connectivity index is 2.06. The van der Waals surface area contributed by atoms with Crippen LogP contribution in [0.25, 0.3) is 0 Å². The third-order valence-electron chi connectivity index (χ3n) is 4.31. The number of benzene rings is 1. The quantitative estimate of drug-likeness (QED) is 0.845. The fourth-order valence-corrected chi connectivity index (χ4v) is 2.64. The van der Waals surface area contributed by atoms with Gasteiger partial charge >= 0.3 is 5.97 Å². The third kappa shape index (κ3) is 3.24. The highest BCUT2D eigenvalue weighted by Crippen LogP contribution is 2.31. The van der Waals surface area contributed by atoms with Crippen molar-refractivity contribution in [2.75, 3.05) is 5.32 Å². The van der Waals surface area contributed by atoms with Gasteiger partial charge in [0.1, 0.15) is 0 Å². The number of anilines is 1. The average Bonchev–Trinajstić information content (AvgIpc) is 2.92. The summed E-state index contributed by atoms with van der Waals surface area (Å²) in [6, 6.07) is 5.65. The molecule has 21 heavy (non-hydrogen) atoms. The lowest BCUT2D eigenvalue weighted by molar-refractivity contribution is -0.151. The molecular weight excluding hydrogens is 270 g/mol. The van der Waals surface area contributed by atoms with E-state index in [-0.39, 0.29) is 12.3 Å². The van der Waals surface area contributed by atoms with Gasteiger partial charge < -0.3 is 15.2 Å². The van der Waals surface area contributed by atoms with Crippen molar-refractivity contribution in [1.82, 2.24) is 0 Å². The van der Waals surface area contributed by atoms with E-state index in [2.05, 4.69) is 5.32 Å². The Morgan fingerprint density at radius 1 is 1.24 bits per heavy atom. The molecule has 0 saturated heterocycles. The maximum atomic E-state index is 12.1. The van der Waals surface area contributed by atoms with Gasteiger partial charge in [-0.3, -0.25) is 9.59 Å². The lowest BCUT2D eigenvalue weighted by atomic mass is 9.79. The number of aliphatic carboxylic acids is 1. The molecule has 0 spiro atoms. The Hall–Kier alpha value is -1.88. The summed E-state index contributed by atoms with van der Waals surface area (Å²) in [5, 5.41) is 12.2. The molecule has 2 rings (SSSR count). The summed E-state index contributed by atoms with van der Waals surface area (Å²) in [6.45, 7) is 4.77. The van der Waals surface area contributed by atoms with Crippen LogP contribution in [0.2, 0.25) is 0 Å². The highest BCUT2D eigenvalue weighted by molar-refractivity contribution is 5.94. The molecule has 2 N–H and O–H groups in total. The number of nitrogens with one attached hydrogen (secondary N) is 1. The highest BCUT2D eigenvalue weighted by Gasteiger charge is 2.37. The minimum absolute atomic E-state index is 0.0110. The van der Waals surface area contributed by atoms with Crippen molar-refractivity contribution in [3.05, 3.63) is 29.3 Å². The van der Waals surface area contributed by atoms with E-state index < -0.39 is 11.4 Å². The summed E-state index contributed by atoms with van der Waals surface area (Å²) >= 11 is 0. The first kappa shape index (κ1) is 15.5. The van der Waals surface area contributed by atoms with Crippen molar-refractivity contribution in [1.29, 1.82) is 0 Å². The Labute approximate surface area is 124 Å². The molecule has 0 atom stereocenters. The van der Waals surface area contributed by atoms with E-state index in [1.54, 1.807) is 13.8 Å². The monoisotopic (exact) mass is 291 g/mol. The molecule has 114 valence electrons. The van der Waals surface area contributed by atoms with Gasteiger partial charge in [-0.05, 0) is 36.1 Å². The number of ether oxygens (including phenoxy) is 1. The fourth-order valence-electron chi connectivity index (χ4n) is 2.64. The number of carbonyl (C=O) groups excluding carboxylic acids is 1. The maximum Gasteiger partial charge on any atom is 0.310 e. The van der Waals surface area contributed by atoms with Gasteiger partial charge in [-0.2, -0.15) is 0 Å². The Kier molecular flexibility index (Phi) is 4.63. The van der Waals surface area contributed by atoms with E-state index in [1.165, 1.54) is 0 Å². The van der Waals surface area contributed by atoms with Crippen LogP contribution in [0.15, 0.2) is 18.2 Å². The van der Waals surface area contributed by atoms with Crippen LogP contribution in [0.1, 0.15) is 44.2 Å². The molecule has 0 radical (unpaired) electrons. The lowest BCUT2D eigenvalue weighted by Gasteiger charge is -2.25. The smallest absolute Gasteiger partial charge is 0.310 e. The van der Waals surface area contributed by atoms with Crippen LogP contribution in [-0.2, 0) is 27.5 Å². The molecule has 0 aromatic heterocycles. The van der Waals surface area contributed by atoms with E-state index in [9.17, 15) is 14.7 Å². The Bertz CT molecular complexity index is 549. The predicted molar refractivity (Wildman–Crippen MR) is 78.8 cm³/mol. The topological polar surface area (TPSA) is 75.6 Å². The molecule has 1 heterocycles. The molecule has 1 aromatic carbocycles. The minimum Gasteiger partial charge on any atom is -0.481 e. The van der Waals surface area contributed by atoms with Crippen molar-refractivity contribution in [3.8, 4) is 0 Å². The molecule has 5 heteroatoms. The lowest BCUT2D eigenvalue weighted by Crippen LogP contribution is -2.34. The van der Waals surface area contributed by atoms with Gasteiger partial charge in [0.25, 0.3) is 0 Å². The largest absolute Gasteiger partial charge is 0.481 e. The van der Waals surface area contributed by atoms with Crippen LogP contribution in [0, 0.1) is 5.41 Å². The molecule has 1 aliphatic rings. The molecule has 0 unspecified atom stereocenters. The van der Waals surface area contributed by atoms with Gasteiger partial charge in [0.15, 0.2) is 0 Å². The van der Waals surface area contributed by atoms with E-state index in [0.29, 0.717) is 31.7 Å².